The van der Waals surface area contributed by atoms with E-state index in [0.717, 1.165) is 34.3 Å². The van der Waals surface area contributed by atoms with Crippen molar-refractivity contribution >= 4 is 17.1 Å². The van der Waals surface area contributed by atoms with Crippen LogP contribution in [-0.4, -0.2) is 21.2 Å². The first-order valence-corrected chi connectivity index (χ1v) is 7.01. The highest BCUT2D eigenvalue weighted by Crippen LogP contribution is 2.31. The van der Waals surface area contributed by atoms with Crippen LogP contribution >= 0.6 is 0 Å². The first kappa shape index (κ1) is 14.5. The van der Waals surface area contributed by atoms with Gasteiger partial charge in [-0.3, -0.25) is 4.79 Å². The van der Waals surface area contributed by atoms with E-state index >= 15 is 0 Å². The Morgan fingerprint density at radius 1 is 1.25 bits per heavy atom. The fourth-order valence-corrected chi connectivity index (χ4v) is 2.61. The van der Waals surface area contributed by atoms with Gasteiger partial charge < -0.3 is 9.63 Å². The van der Waals surface area contributed by atoms with Gasteiger partial charge in [-0.2, -0.15) is 0 Å². The highest BCUT2D eigenvalue weighted by molar-refractivity contribution is 5.84. The van der Waals surface area contributed by atoms with Crippen molar-refractivity contribution in [2.75, 3.05) is 0 Å². The van der Waals surface area contributed by atoms with Crippen LogP contribution in [0.3, 0.4) is 0 Å². The van der Waals surface area contributed by atoms with Gasteiger partial charge in [-0.25, -0.2) is 4.98 Å². The lowest BCUT2D eigenvalue weighted by molar-refractivity contribution is -0.136. The molecule has 0 atom stereocenters. The summed E-state index contributed by atoms with van der Waals surface area (Å²) in [6.07, 6.45) is 1.43. The van der Waals surface area contributed by atoms with E-state index in [-0.39, 0.29) is 12.3 Å². The minimum atomic E-state index is -0.835. The molecule has 0 radical (unpaired) electrons. The molecule has 0 saturated carbocycles. The molecule has 0 aromatic carbocycles. The summed E-state index contributed by atoms with van der Waals surface area (Å²) in [5.74, 6) is -0.619. The number of fused-ring (bicyclic) bond motifs is 1. The van der Waals surface area contributed by atoms with Crippen LogP contribution in [0.4, 0.5) is 0 Å². The van der Waals surface area contributed by atoms with Gasteiger partial charge in [0.25, 0.3) is 5.71 Å². The Labute approximate surface area is 118 Å². The highest BCUT2D eigenvalue weighted by atomic mass is 16.5. The van der Waals surface area contributed by atoms with Crippen LogP contribution in [0.1, 0.15) is 56.1 Å². The molecule has 0 aliphatic rings. The molecule has 0 fully saturated rings. The van der Waals surface area contributed by atoms with Gasteiger partial charge in [-0.15, -0.1) is 0 Å². The van der Waals surface area contributed by atoms with Crippen LogP contribution in [-0.2, 0) is 24.1 Å². The number of nitrogens with zero attached hydrogens (tertiary/aromatic N) is 2. The molecule has 108 valence electrons. The van der Waals surface area contributed by atoms with Gasteiger partial charge in [0.05, 0.1) is 17.5 Å². The van der Waals surface area contributed by atoms with E-state index in [1.165, 1.54) is 0 Å². The molecule has 0 bridgehead atoms. The molecule has 1 N–H and O–H groups in total. The lowest BCUT2D eigenvalue weighted by Gasteiger charge is -2.12. The minimum Gasteiger partial charge on any atom is -0.481 e. The fraction of sp³-hybridized carbons (Fsp3) is 0.533. The molecule has 2 rings (SSSR count). The Hall–Kier alpha value is -1.91. The zero-order valence-electron chi connectivity index (χ0n) is 12.4. The number of aliphatic carboxylic acids is 1. The number of aryl methyl sites for hydroxylation is 2. The third-order valence-electron chi connectivity index (χ3n) is 3.51. The smallest absolute Gasteiger partial charge is 0.307 e. The molecule has 0 unspecified atom stereocenters. The standard InChI is InChI=1S/C15H20N2O3/c1-5-9-10(7-12(18)19)11(6-2)16-15-13(9)14(8(3)4)17-20-15/h8H,5-7H2,1-4H3,(H,18,19). The van der Waals surface area contributed by atoms with Gasteiger partial charge in [0.2, 0.25) is 0 Å². The fourth-order valence-electron chi connectivity index (χ4n) is 2.61. The zero-order chi connectivity index (χ0) is 14.9. The van der Waals surface area contributed by atoms with E-state index < -0.39 is 5.97 Å². The van der Waals surface area contributed by atoms with Gasteiger partial charge >= 0.3 is 5.97 Å². The number of pyridine rings is 1. The first-order chi connectivity index (χ1) is 9.49. The van der Waals surface area contributed by atoms with Gasteiger partial charge in [0.15, 0.2) is 0 Å². The quantitative estimate of drug-likeness (QED) is 0.908. The number of hydrogen-bond donors (Lipinski definition) is 1. The van der Waals surface area contributed by atoms with E-state index in [4.69, 9.17) is 9.63 Å². The number of carboxylic acids is 1. The van der Waals surface area contributed by atoms with Gasteiger partial charge in [0.1, 0.15) is 0 Å². The summed E-state index contributed by atoms with van der Waals surface area (Å²) < 4.78 is 5.35. The number of aromatic nitrogens is 2. The topological polar surface area (TPSA) is 76.2 Å². The Morgan fingerprint density at radius 2 is 1.95 bits per heavy atom. The number of carboxylic acid groups (broad SMARTS) is 1. The van der Waals surface area contributed by atoms with Gasteiger partial charge in [0, 0.05) is 5.69 Å². The average Bonchev–Trinajstić information content (AvgIpc) is 2.80. The Kier molecular flexibility index (Phi) is 4.06. The molecule has 5 nitrogen and oxygen atoms in total. The predicted octanol–water partition coefficient (Wildman–Crippen LogP) is 3.10. The molecule has 5 heteroatoms. The van der Waals surface area contributed by atoms with Crippen LogP contribution in [0.15, 0.2) is 4.52 Å². The zero-order valence-corrected chi connectivity index (χ0v) is 12.4. The number of hydrogen-bond acceptors (Lipinski definition) is 4. The molecule has 2 aromatic rings. The monoisotopic (exact) mass is 276 g/mol. The third-order valence-corrected chi connectivity index (χ3v) is 3.51. The predicted molar refractivity (Wildman–Crippen MR) is 76.0 cm³/mol. The van der Waals surface area contributed by atoms with Crippen molar-refractivity contribution < 1.29 is 14.4 Å². The van der Waals surface area contributed by atoms with E-state index in [2.05, 4.69) is 10.1 Å². The normalized spacial score (nSPS) is 11.4. The molecular weight excluding hydrogens is 256 g/mol. The summed E-state index contributed by atoms with van der Waals surface area (Å²) in [7, 11) is 0. The summed E-state index contributed by atoms with van der Waals surface area (Å²) in [4.78, 5) is 15.6. The van der Waals surface area contributed by atoms with Crippen LogP contribution in [0.5, 0.6) is 0 Å². The summed E-state index contributed by atoms with van der Waals surface area (Å²) in [5.41, 5.74) is 4.01. The molecule has 2 aromatic heterocycles. The molecular formula is C15H20N2O3. The molecule has 2 heterocycles. The summed E-state index contributed by atoms with van der Waals surface area (Å²) >= 11 is 0. The second-order valence-corrected chi connectivity index (χ2v) is 5.20. The SMILES string of the molecule is CCc1nc2onc(C(C)C)c2c(CC)c1CC(=O)O. The second-order valence-electron chi connectivity index (χ2n) is 5.20. The Morgan fingerprint density at radius 3 is 2.45 bits per heavy atom. The average molecular weight is 276 g/mol. The van der Waals surface area contributed by atoms with Crippen molar-refractivity contribution in [2.24, 2.45) is 0 Å². The number of carbonyl (C=O) groups is 1. The van der Waals surface area contributed by atoms with E-state index in [1.807, 2.05) is 27.7 Å². The van der Waals surface area contributed by atoms with Crippen molar-refractivity contribution in [3.63, 3.8) is 0 Å². The van der Waals surface area contributed by atoms with Crippen molar-refractivity contribution in [1.29, 1.82) is 0 Å². The molecule has 0 aliphatic carbocycles. The van der Waals surface area contributed by atoms with Gasteiger partial charge in [-0.05, 0) is 29.9 Å². The van der Waals surface area contributed by atoms with Crippen LogP contribution < -0.4 is 0 Å². The van der Waals surface area contributed by atoms with Crippen molar-refractivity contribution in [3.8, 4) is 0 Å². The molecule has 0 saturated heterocycles. The van der Waals surface area contributed by atoms with E-state index in [0.29, 0.717) is 12.1 Å². The van der Waals surface area contributed by atoms with E-state index in [9.17, 15) is 4.79 Å². The maximum absolute atomic E-state index is 11.1. The Bertz CT molecular complexity index is 644. The third kappa shape index (κ3) is 2.40. The largest absolute Gasteiger partial charge is 0.481 e. The summed E-state index contributed by atoms with van der Waals surface area (Å²) in [6, 6.07) is 0. The van der Waals surface area contributed by atoms with Crippen LogP contribution in [0, 0.1) is 0 Å². The molecule has 0 amide bonds. The Balaban J connectivity index is 2.79. The van der Waals surface area contributed by atoms with Gasteiger partial charge in [-0.1, -0.05) is 32.9 Å². The highest BCUT2D eigenvalue weighted by Gasteiger charge is 2.22. The summed E-state index contributed by atoms with van der Waals surface area (Å²) in [6.45, 7) is 8.08. The van der Waals surface area contributed by atoms with Crippen molar-refractivity contribution in [2.45, 2.75) is 52.9 Å². The molecule has 20 heavy (non-hydrogen) atoms. The lowest BCUT2D eigenvalue weighted by atomic mass is 9.94. The maximum Gasteiger partial charge on any atom is 0.307 e. The first-order valence-electron chi connectivity index (χ1n) is 7.01. The minimum absolute atomic E-state index is 0.00198. The van der Waals surface area contributed by atoms with Crippen LogP contribution in [0.25, 0.3) is 11.1 Å². The lowest BCUT2D eigenvalue weighted by Crippen LogP contribution is -2.09. The second kappa shape index (κ2) is 5.61. The maximum atomic E-state index is 11.1. The van der Waals surface area contributed by atoms with Crippen LogP contribution in [0.2, 0.25) is 0 Å². The van der Waals surface area contributed by atoms with E-state index in [1.54, 1.807) is 0 Å². The van der Waals surface area contributed by atoms with Crippen molar-refractivity contribution in [1.82, 2.24) is 10.1 Å². The molecule has 0 spiro atoms. The number of rotatable bonds is 5. The molecule has 0 aliphatic heterocycles. The van der Waals surface area contributed by atoms with Crippen molar-refractivity contribution in [3.05, 3.63) is 22.5 Å². The summed E-state index contributed by atoms with van der Waals surface area (Å²) in [5, 5.41) is 14.2.